The van der Waals surface area contributed by atoms with Crippen molar-refractivity contribution in [3.8, 4) is 0 Å². The molecular formula is C12H13. The normalized spacial score (nSPS) is 16.2. The van der Waals surface area contributed by atoms with Gasteiger partial charge in [0.05, 0.1) is 0 Å². The number of rotatable bonds is 2. The van der Waals surface area contributed by atoms with Crippen molar-refractivity contribution in [2.75, 3.05) is 0 Å². The first-order valence-corrected chi connectivity index (χ1v) is 4.48. The fourth-order valence-corrected chi connectivity index (χ4v) is 1.60. The zero-order valence-electron chi connectivity index (χ0n) is 7.16. The van der Waals surface area contributed by atoms with E-state index in [1.54, 1.807) is 5.57 Å². The van der Waals surface area contributed by atoms with Crippen molar-refractivity contribution in [2.45, 2.75) is 19.3 Å². The van der Waals surface area contributed by atoms with Gasteiger partial charge in [-0.15, -0.1) is 0 Å². The van der Waals surface area contributed by atoms with Crippen LogP contribution in [-0.4, -0.2) is 0 Å². The van der Waals surface area contributed by atoms with Gasteiger partial charge in [0.1, 0.15) is 0 Å². The first kappa shape index (κ1) is 7.60. The van der Waals surface area contributed by atoms with Crippen LogP contribution < -0.4 is 0 Å². The van der Waals surface area contributed by atoms with E-state index in [0.29, 0.717) is 0 Å². The van der Waals surface area contributed by atoms with E-state index in [-0.39, 0.29) is 0 Å². The minimum absolute atomic E-state index is 1.14. The maximum atomic E-state index is 2.34. The van der Waals surface area contributed by atoms with Crippen molar-refractivity contribution >= 4 is 0 Å². The van der Waals surface area contributed by atoms with Crippen LogP contribution in [0.3, 0.4) is 0 Å². The molecule has 0 aromatic heterocycles. The fraction of sp³-hybridized carbons (Fsp3) is 0.250. The second-order valence-electron chi connectivity index (χ2n) is 3.25. The fourth-order valence-electron chi connectivity index (χ4n) is 1.60. The lowest BCUT2D eigenvalue weighted by Gasteiger charge is -2.00. The van der Waals surface area contributed by atoms with Crippen LogP contribution in [0.15, 0.2) is 42.0 Å². The van der Waals surface area contributed by atoms with Gasteiger partial charge in [0, 0.05) is 0 Å². The molecule has 0 heteroatoms. The Morgan fingerprint density at radius 1 is 1.08 bits per heavy atom. The molecule has 0 atom stereocenters. The highest BCUT2D eigenvalue weighted by atomic mass is 14.1. The minimum Gasteiger partial charge on any atom is -0.0847 e. The van der Waals surface area contributed by atoms with Gasteiger partial charge in [0.25, 0.3) is 0 Å². The lowest BCUT2D eigenvalue weighted by Crippen LogP contribution is -1.86. The summed E-state index contributed by atoms with van der Waals surface area (Å²) in [6, 6.07) is 10.7. The predicted octanol–water partition coefficient (Wildman–Crippen LogP) is 3.15. The number of hydrogen-bond acceptors (Lipinski definition) is 0. The van der Waals surface area contributed by atoms with E-state index in [0.717, 1.165) is 6.42 Å². The van der Waals surface area contributed by atoms with Gasteiger partial charge in [-0.25, -0.2) is 0 Å². The third-order valence-electron chi connectivity index (χ3n) is 2.25. The van der Waals surface area contributed by atoms with Crippen LogP contribution in [0.2, 0.25) is 0 Å². The Kier molecular flexibility index (Phi) is 2.26. The molecule has 0 N–H and O–H groups in total. The zero-order chi connectivity index (χ0) is 8.23. The van der Waals surface area contributed by atoms with Crippen molar-refractivity contribution in [1.29, 1.82) is 0 Å². The highest BCUT2D eigenvalue weighted by Gasteiger charge is 2.04. The molecule has 0 heterocycles. The lowest BCUT2D eigenvalue weighted by atomic mass is 10.1. The second-order valence-corrected chi connectivity index (χ2v) is 3.25. The number of allylic oxidation sites excluding steroid dienone is 2. The van der Waals surface area contributed by atoms with Crippen LogP contribution in [0.5, 0.6) is 0 Å². The molecule has 1 aromatic rings. The summed E-state index contributed by atoms with van der Waals surface area (Å²) >= 11 is 0. The minimum atomic E-state index is 1.14. The summed E-state index contributed by atoms with van der Waals surface area (Å²) in [6.07, 6.45) is 8.17. The average molecular weight is 157 g/mol. The lowest BCUT2D eigenvalue weighted by molar-refractivity contribution is 1.06. The Hall–Kier alpha value is -1.04. The van der Waals surface area contributed by atoms with Crippen LogP contribution in [-0.2, 0) is 6.42 Å². The summed E-state index contributed by atoms with van der Waals surface area (Å²) in [6.45, 7) is 0. The quantitative estimate of drug-likeness (QED) is 0.578. The molecule has 0 amide bonds. The Morgan fingerprint density at radius 2 is 1.92 bits per heavy atom. The maximum absolute atomic E-state index is 2.34. The Morgan fingerprint density at radius 3 is 2.58 bits per heavy atom. The van der Waals surface area contributed by atoms with Gasteiger partial charge in [0.2, 0.25) is 0 Å². The van der Waals surface area contributed by atoms with Gasteiger partial charge in [-0.05, 0) is 31.2 Å². The van der Waals surface area contributed by atoms with E-state index >= 15 is 0 Å². The van der Waals surface area contributed by atoms with E-state index in [2.05, 4.69) is 42.8 Å². The Labute approximate surface area is 73.9 Å². The van der Waals surface area contributed by atoms with Gasteiger partial charge >= 0.3 is 0 Å². The molecule has 61 valence electrons. The summed E-state index contributed by atoms with van der Waals surface area (Å²) in [7, 11) is 0. The summed E-state index contributed by atoms with van der Waals surface area (Å²) in [5.41, 5.74) is 3.00. The standard InChI is InChI=1S/C12H13/c1-2-6-11(7-3-1)10-12-8-4-5-9-12/h1-4,6-7,9H,5,8,10H2. The molecule has 0 bridgehead atoms. The molecule has 0 fully saturated rings. The topological polar surface area (TPSA) is 0 Å². The molecule has 0 saturated heterocycles. The van der Waals surface area contributed by atoms with Crippen LogP contribution in [0, 0.1) is 6.42 Å². The molecule has 0 nitrogen and oxygen atoms in total. The maximum Gasteiger partial charge on any atom is -0.00670 e. The smallest absolute Gasteiger partial charge is 0.00670 e. The van der Waals surface area contributed by atoms with Gasteiger partial charge in [-0.3, -0.25) is 0 Å². The van der Waals surface area contributed by atoms with Crippen LogP contribution in [0.25, 0.3) is 0 Å². The van der Waals surface area contributed by atoms with Crippen molar-refractivity contribution in [3.05, 3.63) is 54.0 Å². The van der Waals surface area contributed by atoms with Crippen LogP contribution >= 0.6 is 0 Å². The van der Waals surface area contributed by atoms with Gasteiger partial charge in [-0.2, -0.15) is 0 Å². The highest BCUT2D eigenvalue weighted by Crippen LogP contribution is 2.20. The van der Waals surface area contributed by atoms with Crippen LogP contribution in [0.4, 0.5) is 0 Å². The largest absolute Gasteiger partial charge is 0.0847 e. The second kappa shape index (κ2) is 3.57. The van der Waals surface area contributed by atoms with Gasteiger partial charge in [0.15, 0.2) is 0 Å². The van der Waals surface area contributed by atoms with E-state index in [4.69, 9.17) is 0 Å². The van der Waals surface area contributed by atoms with Gasteiger partial charge < -0.3 is 0 Å². The first-order valence-electron chi connectivity index (χ1n) is 4.48. The van der Waals surface area contributed by atoms with E-state index in [9.17, 15) is 0 Å². The summed E-state index contributed by atoms with van der Waals surface area (Å²) in [5, 5.41) is 0. The van der Waals surface area contributed by atoms with E-state index in [1.165, 1.54) is 18.4 Å². The van der Waals surface area contributed by atoms with Crippen molar-refractivity contribution < 1.29 is 0 Å². The SMILES string of the molecule is [CH]1CC=C(Cc2ccccc2)C1. The monoisotopic (exact) mass is 157 g/mol. The molecule has 0 spiro atoms. The molecule has 1 aliphatic carbocycles. The summed E-state index contributed by atoms with van der Waals surface area (Å²) in [5.74, 6) is 0. The molecule has 1 radical (unpaired) electrons. The Balaban J connectivity index is 2.04. The molecule has 1 aromatic carbocycles. The molecule has 12 heavy (non-hydrogen) atoms. The van der Waals surface area contributed by atoms with Crippen molar-refractivity contribution in [2.24, 2.45) is 0 Å². The van der Waals surface area contributed by atoms with Crippen molar-refractivity contribution in [3.63, 3.8) is 0 Å². The molecule has 0 aliphatic heterocycles. The van der Waals surface area contributed by atoms with Gasteiger partial charge in [-0.1, -0.05) is 42.0 Å². The molecule has 1 aliphatic rings. The number of benzene rings is 1. The Bertz CT molecular complexity index is 269. The summed E-state index contributed by atoms with van der Waals surface area (Å²) in [4.78, 5) is 0. The van der Waals surface area contributed by atoms with Crippen LogP contribution in [0.1, 0.15) is 18.4 Å². The predicted molar refractivity (Wildman–Crippen MR) is 51.8 cm³/mol. The first-order chi connectivity index (χ1) is 5.95. The van der Waals surface area contributed by atoms with E-state index in [1.807, 2.05) is 0 Å². The van der Waals surface area contributed by atoms with Crippen molar-refractivity contribution in [1.82, 2.24) is 0 Å². The number of hydrogen-bond donors (Lipinski definition) is 0. The molecule has 0 unspecified atom stereocenters. The molecule has 0 saturated carbocycles. The third kappa shape index (κ3) is 1.76. The summed E-state index contributed by atoms with van der Waals surface area (Å²) < 4.78 is 0. The third-order valence-corrected chi connectivity index (χ3v) is 2.25. The molecular weight excluding hydrogens is 144 g/mol. The average Bonchev–Trinajstić information content (AvgIpc) is 2.59. The zero-order valence-corrected chi connectivity index (χ0v) is 7.16. The highest BCUT2D eigenvalue weighted by molar-refractivity contribution is 5.25. The van der Waals surface area contributed by atoms with E-state index < -0.39 is 0 Å². The molecule has 2 rings (SSSR count).